The molecule has 8 nitrogen and oxygen atoms in total. The normalized spacial score (nSPS) is 9.89. The molecule has 19 heavy (non-hydrogen) atoms. The van der Waals surface area contributed by atoms with Gasteiger partial charge in [-0.05, 0) is 13.8 Å². The molecule has 0 aliphatic carbocycles. The van der Waals surface area contributed by atoms with Crippen LogP contribution in [0.1, 0.15) is 13.8 Å². The van der Waals surface area contributed by atoms with Gasteiger partial charge in [-0.2, -0.15) is 15.0 Å². The van der Waals surface area contributed by atoms with Gasteiger partial charge in [0, 0.05) is 27.2 Å². The van der Waals surface area contributed by atoms with E-state index in [0.717, 1.165) is 13.1 Å². The second-order valence-corrected chi connectivity index (χ2v) is 3.73. The van der Waals surface area contributed by atoms with E-state index in [1.54, 1.807) is 14.1 Å². The number of hydrogen-bond donors (Lipinski definition) is 3. The predicted molar refractivity (Wildman–Crippen MR) is 75.5 cm³/mol. The van der Waals surface area contributed by atoms with Crippen molar-refractivity contribution in [1.29, 1.82) is 0 Å². The van der Waals surface area contributed by atoms with Gasteiger partial charge in [-0.3, -0.25) is 4.79 Å². The fourth-order valence-electron chi connectivity index (χ4n) is 1.45. The Kier molecular flexibility index (Phi) is 5.77. The molecule has 0 aromatic carbocycles. The second kappa shape index (κ2) is 7.34. The van der Waals surface area contributed by atoms with Gasteiger partial charge in [0.15, 0.2) is 0 Å². The van der Waals surface area contributed by atoms with Gasteiger partial charge in [-0.15, -0.1) is 0 Å². The summed E-state index contributed by atoms with van der Waals surface area (Å²) in [5.74, 6) is 1.31. The van der Waals surface area contributed by atoms with Crippen LogP contribution < -0.4 is 20.9 Å². The van der Waals surface area contributed by atoms with Crippen LogP contribution in [0.3, 0.4) is 0 Å². The van der Waals surface area contributed by atoms with Crippen LogP contribution in [0.5, 0.6) is 0 Å². The number of carbonyl (C=O) groups is 1. The molecule has 0 aliphatic heterocycles. The highest BCUT2D eigenvalue weighted by atomic mass is 16.1. The third-order valence-electron chi connectivity index (χ3n) is 2.58. The third kappa shape index (κ3) is 4.23. The molecule has 0 bridgehead atoms. The maximum Gasteiger partial charge on any atom is 0.239 e. The van der Waals surface area contributed by atoms with E-state index in [0.29, 0.717) is 17.8 Å². The largest absolute Gasteiger partial charge is 0.358 e. The van der Waals surface area contributed by atoms with Crippen molar-refractivity contribution < 1.29 is 4.79 Å². The van der Waals surface area contributed by atoms with E-state index in [1.165, 1.54) is 0 Å². The number of likely N-dealkylation sites (N-methyl/N-ethyl adjacent to an activating group) is 1. The number of amides is 1. The first-order valence-electron chi connectivity index (χ1n) is 6.27. The summed E-state index contributed by atoms with van der Waals surface area (Å²) >= 11 is 0. The summed E-state index contributed by atoms with van der Waals surface area (Å²) in [4.78, 5) is 26.0. The van der Waals surface area contributed by atoms with Crippen LogP contribution in [0.4, 0.5) is 17.8 Å². The van der Waals surface area contributed by atoms with Gasteiger partial charge in [0.1, 0.15) is 0 Å². The van der Waals surface area contributed by atoms with Crippen LogP contribution in [0.2, 0.25) is 0 Å². The Balaban J connectivity index is 2.91. The summed E-state index contributed by atoms with van der Waals surface area (Å²) in [5, 5.41) is 8.28. The first-order valence-corrected chi connectivity index (χ1v) is 6.27. The molecule has 1 heterocycles. The van der Waals surface area contributed by atoms with Crippen molar-refractivity contribution in [3.8, 4) is 0 Å². The Morgan fingerprint density at radius 3 is 2.26 bits per heavy atom. The molecule has 1 aromatic heterocycles. The predicted octanol–water partition coefficient (Wildman–Crippen LogP) is -0.0826. The smallest absolute Gasteiger partial charge is 0.239 e. The quantitative estimate of drug-likeness (QED) is 0.636. The zero-order chi connectivity index (χ0) is 14.3. The number of rotatable bonds is 7. The highest BCUT2D eigenvalue weighted by Gasteiger charge is 2.10. The molecule has 0 saturated heterocycles. The van der Waals surface area contributed by atoms with Gasteiger partial charge in [0.25, 0.3) is 0 Å². The lowest BCUT2D eigenvalue weighted by molar-refractivity contribution is -0.118. The number of hydrogen-bond acceptors (Lipinski definition) is 7. The van der Waals surface area contributed by atoms with Crippen molar-refractivity contribution >= 4 is 23.8 Å². The van der Waals surface area contributed by atoms with Crippen LogP contribution in [-0.2, 0) is 4.79 Å². The lowest BCUT2D eigenvalue weighted by Crippen LogP contribution is -2.28. The fourth-order valence-corrected chi connectivity index (χ4v) is 1.45. The van der Waals surface area contributed by atoms with E-state index in [2.05, 4.69) is 30.9 Å². The molecule has 1 amide bonds. The molecule has 106 valence electrons. The van der Waals surface area contributed by atoms with Crippen LogP contribution in [0, 0.1) is 0 Å². The molecular formula is C11H21N7O. The van der Waals surface area contributed by atoms with Crippen molar-refractivity contribution in [2.45, 2.75) is 13.8 Å². The van der Waals surface area contributed by atoms with Gasteiger partial charge in [0.05, 0.1) is 6.54 Å². The first kappa shape index (κ1) is 14.9. The minimum absolute atomic E-state index is 0.126. The Bertz CT molecular complexity index is 420. The second-order valence-electron chi connectivity index (χ2n) is 3.73. The van der Waals surface area contributed by atoms with E-state index in [4.69, 9.17) is 0 Å². The fraction of sp³-hybridized carbons (Fsp3) is 0.636. The molecule has 8 heteroatoms. The molecule has 3 N–H and O–H groups in total. The molecule has 1 aromatic rings. The Hall–Kier alpha value is -2.12. The van der Waals surface area contributed by atoms with E-state index >= 15 is 0 Å². The SMILES string of the molecule is CCN(CC)c1nc(NC)nc(NCC(=O)NC)n1. The molecule has 0 radical (unpaired) electrons. The summed E-state index contributed by atoms with van der Waals surface area (Å²) in [7, 11) is 3.32. The van der Waals surface area contributed by atoms with Crippen molar-refractivity contribution in [2.24, 2.45) is 0 Å². The van der Waals surface area contributed by atoms with Crippen LogP contribution in [0.15, 0.2) is 0 Å². The summed E-state index contributed by atoms with van der Waals surface area (Å²) in [6.45, 7) is 5.80. The summed E-state index contributed by atoms with van der Waals surface area (Å²) in [6.07, 6.45) is 0. The maximum absolute atomic E-state index is 11.2. The van der Waals surface area contributed by atoms with Crippen molar-refractivity contribution in [1.82, 2.24) is 20.3 Å². The number of anilines is 3. The van der Waals surface area contributed by atoms with Crippen molar-refractivity contribution in [3.63, 3.8) is 0 Å². The molecule has 0 saturated carbocycles. The van der Waals surface area contributed by atoms with E-state index in [1.807, 2.05) is 18.7 Å². The van der Waals surface area contributed by atoms with Gasteiger partial charge in [0.2, 0.25) is 23.8 Å². The van der Waals surface area contributed by atoms with Crippen LogP contribution >= 0.6 is 0 Å². The molecular weight excluding hydrogens is 246 g/mol. The maximum atomic E-state index is 11.2. The Morgan fingerprint density at radius 1 is 1.11 bits per heavy atom. The molecule has 0 fully saturated rings. The average Bonchev–Trinajstić information content (AvgIpc) is 2.45. The number of nitrogens with one attached hydrogen (secondary N) is 3. The highest BCUT2D eigenvalue weighted by Crippen LogP contribution is 2.12. The minimum atomic E-state index is -0.129. The molecule has 0 atom stereocenters. The van der Waals surface area contributed by atoms with Gasteiger partial charge >= 0.3 is 0 Å². The summed E-state index contributed by atoms with van der Waals surface area (Å²) in [5.41, 5.74) is 0. The van der Waals surface area contributed by atoms with E-state index < -0.39 is 0 Å². The Morgan fingerprint density at radius 2 is 1.74 bits per heavy atom. The average molecular weight is 267 g/mol. The lowest BCUT2D eigenvalue weighted by atomic mass is 10.5. The zero-order valence-corrected chi connectivity index (χ0v) is 11.8. The van der Waals surface area contributed by atoms with E-state index in [-0.39, 0.29) is 12.5 Å². The molecule has 0 spiro atoms. The lowest BCUT2D eigenvalue weighted by Gasteiger charge is -2.19. The van der Waals surface area contributed by atoms with Crippen molar-refractivity contribution in [2.75, 3.05) is 49.3 Å². The van der Waals surface area contributed by atoms with Crippen molar-refractivity contribution in [3.05, 3.63) is 0 Å². The highest BCUT2D eigenvalue weighted by molar-refractivity contribution is 5.79. The minimum Gasteiger partial charge on any atom is -0.358 e. The zero-order valence-electron chi connectivity index (χ0n) is 11.8. The number of carbonyl (C=O) groups excluding carboxylic acids is 1. The number of aromatic nitrogens is 3. The molecule has 0 aliphatic rings. The van der Waals surface area contributed by atoms with Crippen LogP contribution in [0.25, 0.3) is 0 Å². The topological polar surface area (TPSA) is 95.1 Å². The van der Waals surface area contributed by atoms with Gasteiger partial charge in [-0.1, -0.05) is 0 Å². The van der Waals surface area contributed by atoms with Crippen LogP contribution in [-0.4, -0.2) is 54.6 Å². The molecule has 1 rings (SSSR count). The molecule has 0 unspecified atom stereocenters. The standard InChI is InChI=1S/C11H21N7O/c1-5-18(6-2)11-16-9(13-4)15-10(17-11)14-7-8(19)12-3/h5-7H2,1-4H3,(H,12,19)(H2,13,14,15,16,17). The van der Waals surface area contributed by atoms with E-state index in [9.17, 15) is 4.79 Å². The summed E-state index contributed by atoms with van der Waals surface area (Å²) < 4.78 is 0. The first-order chi connectivity index (χ1) is 9.14. The van der Waals surface area contributed by atoms with Gasteiger partial charge in [-0.25, -0.2) is 0 Å². The Labute approximate surface area is 113 Å². The monoisotopic (exact) mass is 267 g/mol. The van der Waals surface area contributed by atoms with Gasteiger partial charge < -0.3 is 20.9 Å². The number of nitrogens with zero attached hydrogens (tertiary/aromatic N) is 4. The summed E-state index contributed by atoms with van der Waals surface area (Å²) in [6, 6.07) is 0. The third-order valence-corrected chi connectivity index (χ3v) is 2.58.